The number of hydrogen-bond acceptors (Lipinski definition) is 14. The predicted molar refractivity (Wildman–Crippen MR) is 240 cm³/mol. The van der Waals surface area contributed by atoms with Crippen molar-refractivity contribution in [1.82, 2.24) is 45.6 Å². The van der Waals surface area contributed by atoms with Gasteiger partial charge in [0.1, 0.15) is 12.6 Å². The van der Waals surface area contributed by atoms with Crippen molar-refractivity contribution in [3.8, 4) is 0 Å². The van der Waals surface area contributed by atoms with E-state index in [4.69, 9.17) is 25.4 Å². The summed E-state index contributed by atoms with van der Waals surface area (Å²) >= 11 is 1.94. The number of carbonyl (C=O) groups excluding carboxylic acids is 5. The van der Waals surface area contributed by atoms with Crippen LogP contribution in [0.15, 0.2) is 0 Å². The second kappa shape index (κ2) is 24.6. The van der Waals surface area contributed by atoms with E-state index in [1.807, 2.05) is 16.7 Å². The Balaban J connectivity index is 0.828. The van der Waals surface area contributed by atoms with Crippen LogP contribution in [0.2, 0.25) is 0 Å². The molecular weight excluding hydrogens is 815 g/mol. The van der Waals surface area contributed by atoms with Gasteiger partial charge in [0, 0.05) is 76.8 Å². The number of urea groups is 1. The molecule has 5 aliphatic rings. The highest BCUT2D eigenvalue weighted by Crippen LogP contribution is 2.33. The minimum absolute atomic E-state index is 0.000368. The van der Waals surface area contributed by atoms with Gasteiger partial charge in [-0.2, -0.15) is 26.7 Å². The topological polar surface area (TPSA) is 224 Å². The Labute approximate surface area is 371 Å². The van der Waals surface area contributed by atoms with Gasteiger partial charge in [0.2, 0.25) is 41.5 Å². The summed E-state index contributed by atoms with van der Waals surface area (Å²) < 4.78 is 5.58. The Kier molecular flexibility index (Phi) is 18.8. The number of hydrogen-bond donors (Lipinski definition) is 5. The van der Waals surface area contributed by atoms with Gasteiger partial charge in [0.15, 0.2) is 0 Å². The first-order valence-corrected chi connectivity index (χ1v) is 24.3. The maximum Gasteiger partial charge on any atom is 0.315 e. The number of thioether (sulfide) groups is 1. The smallest absolute Gasteiger partial charge is 0.315 e. The number of amides is 6. The summed E-state index contributed by atoms with van der Waals surface area (Å²) in [4.78, 5) is 86.5. The molecular formula is C42H71N13O6S. The van der Waals surface area contributed by atoms with Crippen LogP contribution in [-0.4, -0.2) is 181 Å². The molecule has 0 bridgehead atoms. The van der Waals surface area contributed by atoms with E-state index in [1.165, 1.54) is 9.80 Å². The minimum atomic E-state index is -0.643. The summed E-state index contributed by atoms with van der Waals surface area (Å²) in [7, 11) is 1.61. The van der Waals surface area contributed by atoms with Crippen LogP contribution in [0.4, 0.5) is 22.6 Å². The van der Waals surface area contributed by atoms with E-state index < -0.39 is 6.04 Å². The largest absolute Gasteiger partial charge is 0.378 e. The zero-order chi connectivity index (χ0) is 43.7. The second-order valence-corrected chi connectivity index (χ2v) is 18.5. The number of carbonyl (C=O) groups is 5. The van der Waals surface area contributed by atoms with Gasteiger partial charge in [-0.05, 0) is 51.5 Å². The highest BCUT2D eigenvalue weighted by atomic mass is 32.2. The van der Waals surface area contributed by atoms with Crippen molar-refractivity contribution in [3.05, 3.63) is 0 Å². The molecule has 0 aliphatic carbocycles. The number of piperazine rings is 2. The number of rotatable bonds is 25. The van der Waals surface area contributed by atoms with Crippen molar-refractivity contribution >= 4 is 59.3 Å². The van der Waals surface area contributed by atoms with Crippen LogP contribution in [0.5, 0.6) is 0 Å². The van der Waals surface area contributed by atoms with Gasteiger partial charge in [0.05, 0.1) is 31.8 Å². The number of morpholine rings is 1. The molecule has 5 saturated heterocycles. The number of fused-ring (bicyclic) bond motifs is 1. The molecule has 6 heterocycles. The first-order valence-electron chi connectivity index (χ1n) is 23.3. The minimum Gasteiger partial charge on any atom is -0.378 e. The third-order valence-electron chi connectivity index (χ3n) is 12.6. The van der Waals surface area contributed by atoms with Crippen LogP contribution in [-0.2, 0) is 23.9 Å². The first kappa shape index (κ1) is 47.3. The van der Waals surface area contributed by atoms with E-state index in [-0.39, 0.29) is 54.8 Å². The molecule has 20 heteroatoms. The maximum absolute atomic E-state index is 13.1. The molecule has 6 N–H and O–H groups in total. The number of likely N-dealkylation sites (N-methyl/N-ethyl adjacent to an activating group) is 1. The Morgan fingerprint density at radius 3 is 2.19 bits per heavy atom. The predicted octanol–water partition coefficient (Wildman–Crippen LogP) is 1.53. The number of nitrogens with one attached hydrogen (secondary N) is 4. The van der Waals surface area contributed by atoms with Crippen molar-refractivity contribution in [2.24, 2.45) is 5.73 Å². The van der Waals surface area contributed by atoms with Crippen LogP contribution in [0.25, 0.3) is 0 Å². The van der Waals surface area contributed by atoms with Crippen molar-refractivity contribution in [2.45, 2.75) is 120 Å². The Morgan fingerprint density at radius 1 is 0.790 bits per heavy atom. The average molecular weight is 886 g/mol. The zero-order valence-electron chi connectivity index (χ0n) is 36.8. The lowest BCUT2D eigenvalue weighted by Gasteiger charge is -2.36. The van der Waals surface area contributed by atoms with E-state index in [0.717, 1.165) is 109 Å². The molecule has 0 radical (unpaired) electrons. The average Bonchev–Trinajstić information content (AvgIpc) is 3.84. The summed E-state index contributed by atoms with van der Waals surface area (Å²) in [6, 6.07) is -0.214. The molecule has 0 saturated carbocycles. The van der Waals surface area contributed by atoms with Crippen LogP contribution in [0, 0.1) is 0 Å². The molecule has 4 atom stereocenters. The number of unbranched alkanes of at least 4 members (excludes halogenated alkanes) is 9. The standard InChI is InChI=1S/C42H71N13O6S/c1-51-28-36(58)55(29-35(51)57)32(14-9-11-17-43)38(59)44-18-12-7-5-3-2-4-6-8-16-34(56)52-20-22-53(23-21-52)40-48-39(49-41(50-40)54-24-26-61-27-25-54)45-19-13-10-15-33-37-31(30-62-33)46-42(60)47-37/h31-33,37H,2-30,43H2,1H3,(H,44,59)(H2,46,47,60)(H,45,48,49,50)/t31-,32-,33-,37-/m0/s1. The van der Waals surface area contributed by atoms with Gasteiger partial charge in [-0.3, -0.25) is 19.2 Å². The van der Waals surface area contributed by atoms with Gasteiger partial charge in [-0.15, -0.1) is 0 Å². The lowest BCUT2D eigenvalue weighted by atomic mass is 10.0. The molecule has 0 aromatic carbocycles. The van der Waals surface area contributed by atoms with Crippen LogP contribution < -0.4 is 36.8 Å². The zero-order valence-corrected chi connectivity index (χ0v) is 37.6. The summed E-state index contributed by atoms with van der Waals surface area (Å²) in [5, 5.41) is 13.0. The van der Waals surface area contributed by atoms with Crippen LogP contribution in [0.1, 0.15) is 96.3 Å². The van der Waals surface area contributed by atoms with Gasteiger partial charge in [0.25, 0.3) is 0 Å². The monoisotopic (exact) mass is 886 g/mol. The molecule has 1 aromatic heterocycles. The number of nitrogens with zero attached hydrogens (tertiary/aromatic N) is 8. The number of nitrogens with two attached hydrogens (primary N) is 1. The van der Waals surface area contributed by atoms with Gasteiger partial charge in [-0.25, -0.2) is 4.79 Å². The number of aromatic nitrogens is 3. The van der Waals surface area contributed by atoms with E-state index in [2.05, 4.69) is 31.1 Å². The Hall–Kier alpha value is -4.17. The summed E-state index contributed by atoms with van der Waals surface area (Å²) in [5.74, 6) is 2.50. The molecule has 5 aliphatic heterocycles. The quantitative estimate of drug-likeness (QED) is 0.0695. The summed E-state index contributed by atoms with van der Waals surface area (Å²) in [6.07, 6.45) is 13.8. The van der Waals surface area contributed by atoms with Crippen molar-refractivity contribution in [1.29, 1.82) is 0 Å². The molecule has 346 valence electrons. The van der Waals surface area contributed by atoms with Crippen molar-refractivity contribution in [2.75, 3.05) is 113 Å². The third-order valence-corrected chi connectivity index (χ3v) is 14.1. The lowest BCUT2D eigenvalue weighted by molar-refractivity contribution is -0.153. The van der Waals surface area contributed by atoms with E-state index in [9.17, 15) is 24.0 Å². The molecule has 6 rings (SSSR count). The van der Waals surface area contributed by atoms with Gasteiger partial charge < -0.3 is 56.2 Å². The normalized spacial score (nSPS) is 22.1. The molecule has 19 nitrogen and oxygen atoms in total. The van der Waals surface area contributed by atoms with Gasteiger partial charge in [-0.1, -0.05) is 44.9 Å². The van der Waals surface area contributed by atoms with Crippen molar-refractivity contribution < 1.29 is 28.7 Å². The first-order chi connectivity index (χ1) is 30.2. The summed E-state index contributed by atoms with van der Waals surface area (Å²) in [5.41, 5.74) is 5.65. The van der Waals surface area contributed by atoms with E-state index in [0.29, 0.717) is 88.4 Å². The molecule has 1 aromatic rings. The van der Waals surface area contributed by atoms with Gasteiger partial charge >= 0.3 is 6.03 Å². The van der Waals surface area contributed by atoms with E-state index in [1.54, 1.807) is 7.05 Å². The van der Waals surface area contributed by atoms with Crippen LogP contribution in [0.3, 0.4) is 0 Å². The Morgan fingerprint density at radius 2 is 1.47 bits per heavy atom. The molecule has 0 spiro atoms. The number of anilines is 3. The highest BCUT2D eigenvalue weighted by molar-refractivity contribution is 8.00. The summed E-state index contributed by atoms with van der Waals surface area (Å²) in [6.45, 7) is 7.10. The van der Waals surface area contributed by atoms with Crippen LogP contribution >= 0.6 is 11.8 Å². The van der Waals surface area contributed by atoms with Crippen molar-refractivity contribution in [3.63, 3.8) is 0 Å². The highest BCUT2D eigenvalue weighted by Gasteiger charge is 2.42. The molecule has 0 unspecified atom stereocenters. The Bertz CT molecular complexity index is 1630. The SMILES string of the molecule is CN1CC(=O)N([C@@H](CCCCN)C(=O)NCCCCCCCCCCC(=O)N2CCN(c3nc(NCCCC[C@@H]4SC[C@@H]5NC(=O)N[C@@H]54)nc(N4CCOCC4)n3)CC2)CC1=O. The van der Waals surface area contributed by atoms with E-state index >= 15 is 0 Å². The maximum atomic E-state index is 13.1. The number of ether oxygens (including phenoxy) is 1. The fraction of sp³-hybridized carbons (Fsp3) is 0.810. The third kappa shape index (κ3) is 13.9. The molecule has 5 fully saturated rings. The molecule has 6 amide bonds. The second-order valence-electron chi connectivity index (χ2n) is 17.2. The lowest BCUT2D eigenvalue weighted by Crippen LogP contribution is -2.59. The fourth-order valence-corrected chi connectivity index (χ4v) is 10.4. The fourth-order valence-electron chi connectivity index (χ4n) is 8.83. The molecule has 62 heavy (non-hydrogen) atoms.